The molecule has 4 nitrogen and oxygen atoms in total. The summed E-state index contributed by atoms with van der Waals surface area (Å²) in [7, 11) is 0. The van der Waals surface area contributed by atoms with Crippen molar-refractivity contribution in [2.45, 2.75) is 25.8 Å². The Balaban J connectivity index is 2.19. The highest BCUT2D eigenvalue weighted by atomic mass is 79.9. The quantitative estimate of drug-likeness (QED) is 0.883. The molecule has 0 radical (unpaired) electrons. The molecule has 1 aromatic heterocycles. The molecule has 0 aliphatic heterocycles. The van der Waals surface area contributed by atoms with Crippen molar-refractivity contribution in [3.63, 3.8) is 0 Å². The highest BCUT2D eigenvalue weighted by Gasteiger charge is 2.20. The van der Waals surface area contributed by atoms with Crippen molar-refractivity contribution in [3.05, 3.63) is 31.5 Å². The van der Waals surface area contributed by atoms with E-state index in [1.165, 1.54) is 12.8 Å². The van der Waals surface area contributed by atoms with Crippen LogP contribution in [0.2, 0.25) is 0 Å². The number of aromatic amines is 1. The molecular weight excluding hydrogens is 248 g/mol. The molecule has 1 fully saturated rings. The van der Waals surface area contributed by atoms with Crippen molar-refractivity contribution < 1.29 is 0 Å². The average Bonchev–Trinajstić information content (AvgIpc) is 2.92. The zero-order chi connectivity index (χ0) is 10.1. The Morgan fingerprint density at radius 1 is 1.50 bits per heavy atom. The smallest absolute Gasteiger partial charge is 0.299 e. The lowest BCUT2D eigenvalue weighted by molar-refractivity contribution is 0.567. The van der Waals surface area contributed by atoms with Crippen molar-refractivity contribution in [3.8, 4) is 0 Å². The summed E-state index contributed by atoms with van der Waals surface area (Å²) >= 11 is 3.10. The molecule has 0 spiro atoms. The van der Waals surface area contributed by atoms with Crippen LogP contribution in [0.15, 0.2) is 20.3 Å². The fraction of sp³-hybridized carbons (Fsp3) is 0.556. The van der Waals surface area contributed by atoms with Gasteiger partial charge in [-0.3, -0.25) is 14.3 Å². The second-order valence-corrected chi connectivity index (χ2v) is 4.52. The average molecular weight is 259 g/mol. The van der Waals surface area contributed by atoms with Gasteiger partial charge in [0, 0.05) is 12.7 Å². The lowest BCUT2D eigenvalue weighted by Crippen LogP contribution is -2.29. The molecule has 76 valence electrons. The summed E-state index contributed by atoms with van der Waals surface area (Å²) in [6, 6.07) is 0. The lowest BCUT2D eigenvalue weighted by atomic mass is 10.3. The van der Waals surface area contributed by atoms with E-state index in [-0.39, 0.29) is 11.2 Å². The Kier molecular flexibility index (Phi) is 2.58. The lowest BCUT2D eigenvalue weighted by Gasteiger charge is -2.03. The molecule has 0 atom stereocenters. The summed E-state index contributed by atoms with van der Waals surface area (Å²) in [6.45, 7) is 0.693. The molecular formula is C9H11BrN2O2. The monoisotopic (exact) mass is 258 g/mol. The topological polar surface area (TPSA) is 54.9 Å². The number of nitrogens with one attached hydrogen (secondary N) is 1. The molecule has 5 heteroatoms. The molecule has 1 aliphatic rings. The fourth-order valence-electron chi connectivity index (χ4n) is 1.38. The summed E-state index contributed by atoms with van der Waals surface area (Å²) in [6.07, 6.45) is 5.14. The molecule has 1 N–H and O–H groups in total. The first kappa shape index (κ1) is 9.71. The molecule has 2 rings (SSSR count). The summed E-state index contributed by atoms with van der Waals surface area (Å²) in [4.78, 5) is 24.6. The van der Waals surface area contributed by atoms with E-state index in [9.17, 15) is 9.59 Å². The minimum atomic E-state index is -0.363. The third-order valence-electron chi connectivity index (χ3n) is 2.44. The minimum absolute atomic E-state index is 0.321. The van der Waals surface area contributed by atoms with Gasteiger partial charge >= 0.3 is 5.69 Å². The summed E-state index contributed by atoms with van der Waals surface area (Å²) in [5.41, 5.74) is -0.684. The second kappa shape index (κ2) is 3.73. The van der Waals surface area contributed by atoms with E-state index in [2.05, 4.69) is 20.9 Å². The van der Waals surface area contributed by atoms with Crippen LogP contribution in [0.25, 0.3) is 0 Å². The molecule has 0 amide bonds. The Morgan fingerprint density at radius 2 is 2.21 bits per heavy atom. The fourth-order valence-corrected chi connectivity index (χ4v) is 1.72. The number of aryl methyl sites for hydroxylation is 1. The van der Waals surface area contributed by atoms with Crippen molar-refractivity contribution in [1.82, 2.24) is 9.55 Å². The number of rotatable bonds is 3. The Bertz CT molecular complexity index is 445. The van der Waals surface area contributed by atoms with E-state index in [1.807, 2.05) is 0 Å². The number of aromatic nitrogens is 2. The number of hydrogen-bond donors (Lipinski definition) is 1. The van der Waals surface area contributed by atoms with Crippen molar-refractivity contribution in [2.24, 2.45) is 5.92 Å². The van der Waals surface area contributed by atoms with Crippen LogP contribution in [-0.4, -0.2) is 9.55 Å². The van der Waals surface area contributed by atoms with E-state index in [0.717, 1.165) is 12.3 Å². The van der Waals surface area contributed by atoms with Crippen LogP contribution in [-0.2, 0) is 6.54 Å². The number of halogens is 1. The maximum atomic E-state index is 11.3. The van der Waals surface area contributed by atoms with Gasteiger partial charge in [0.05, 0.1) is 4.47 Å². The zero-order valence-corrected chi connectivity index (χ0v) is 9.21. The van der Waals surface area contributed by atoms with Crippen LogP contribution in [0, 0.1) is 5.92 Å². The third-order valence-corrected chi connectivity index (χ3v) is 3.01. The van der Waals surface area contributed by atoms with Crippen LogP contribution < -0.4 is 11.2 Å². The van der Waals surface area contributed by atoms with E-state index in [1.54, 1.807) is 10.8 Å². The first-order valence-electron chi connectivity index (χ1n) is 4.66. The Labute approximate surface area is 89.1 Å². The first-order valence-corrected chi connectivity index (χ1v) is 5.45. The highest BCUT2D eigenvalue weighted by molar-refractivity contribution is 9.10. The van der Waals surface area contributed by atoms with Gasteiger partial charge < -0.3 is 0 Å². The Hall–Kier alpha value is -0.840. The van der Waals surface area contributed by atoms with Crippen molar-refractivity contribution in [1.29, 1.82) is 0 Å². The van der Waals surface area contributed by atoms with Crippen LogP contribution in [0.1, 0.15) is 19.3 Å². The van der Waals surface area contributed by atoms with Gasteiger partial charge in [-0.1, -0.05) is 12.8 Å². The van der Waals surface area contributed by atoms with Crippen LogP contribution in [0.3, 0.4) is 0 Å². The SMILES string of the molecule is O=c1[nH]c(=O)n(CCC2CC2)cc1Br. The minimum Gasteiger partial charge on any atom is -0.299 e. The molecule has 14 heavy (non-hydrogen) atoms. The molecule has 1 heterocycles. The number of H-pyrrole nitrogens is 1. The maximum Gasteiger partial charge on any atom is 0.328 e. The molecule has 1 aromatic rings. The molecule has 1 aliphatic carbocycles. The van der Waals surface area contributed by atoms with Gasteiger partial charge in [0.25, 0.3) is 5.56 Å². The van der Waals surface area contributed by atoms with Gasteiger partial charge in [-0.25, -0.2) is 4.79 Å². The first-order chi connectivity index (χ1) is 6.66. The second-order valence-electron chi connectivity index (χ2n) is 3.66. The molecule has 0 unspecified atom stereocenters. The molecule has 1 saturated carbocycles. The molecule has 0 aromatic carbocycles. The largest absolute Gasteiger partial charge is 0.328 e. The zero-order valence-electron chi connectivity index (χ0n) is 7.62. The Morgan fingerprint density at radius 3 is 2.86 bits per heavy atom. The van der Waals surface area contributed by atoms with Gasteiger partial charge in [-0.15, -0.1) is 0 Å². The van der Waals surface area contributed by atoms with E-state index < -0.39 is 0 Å². The van der Waals surface area contributed by atoms with Gasteiger partial charge in [-0.2, -0.15) is 0 Å². The number of hydrogen-bond acceptors (Lipinski definition) is 2. The maximum absolute atomic E-state index is 11.3. The predicted molar refractivity (Wildman–Crippen MR) is 56.4 cm³/mol. The normalized spacial score (nSPS) is 15.8. The standard InChI is InChI=1S/C9H11BrN2O2/c10-7-5-12(4-3-6-1-2-6)9(14)11-8(7)13/h5-6H,1-4H2,(H,11,13,14). The summed E-state index contributed by atoms with van der Waals surface area (Å²) in [5, 5.41) is 0. The van der Waals surface area contributed by atoms with Gasteiger partial charge in [0.1, 0.15) is 0 Å². The van der Waals surface area contributed by atoms with Gasteiger partial charge in [0.15, 0.2) is 0 Å². The third kappa shape index (κ3) is 2.15. The van der Waals surface area contributed by atoms with Crippen LogP contribution in [0.4, 0.5) is 0 Å². The highest BCUT2D eigenvalue weighted by Crippen LogP contribution is 2.32. The van der Waals surface area contributed by atoms with Crippen molar-refractivity contribution in [2.75, 3.05) is 0 Å². The van der Waals surface area contributed by atoms with E-state index in [0.29, 0.717) is 11.0 Å². The van der Waals surface area contributed by atoms with Crippen LogP contribution in [0.5, 0.6) is 0 Å². The number of nitrogens with zero attached hydrogens (tertiary/aromatic N) is 1. The van der Waals surface area contributed by atoms with Crippen LogP contribution >= 0.6 is 15.9 Å². The van der Waals surface area contributed by atoms with Gasteiger partial charge in [-0.05, 0) is 28.3 Å². The summed E-state index contributed by atoms with van der Waals surface area (Å²) in [5.74, 6) is 0.785. The molecule has 0 saturated heterocycles. The van der Waals surface area contributed by atoms with E-state index >= 15 is 0 Å². The van der Waals surface area contributed by atoms with Gasteiger partial charge in [0.2, 0.25) is 0 Å². The predicted octanol–water partition coefficient (Wildman–Crippen LogP) is 1.10. The molecule has 0 bridgehead atoms. The summed E-state index contributed by atoms with van der Waals surface area (Å²) < 4.78 is 1.96. The van der Waals surface area contributed by atoms with Crippen molar-refractivity contribution >= 4 is 15.9 Å². The van der Waals surface area contributed by atoms with E-state index in [4.69, 9.17) is 0 Å².